The van der Waals surface area contributed by atoms with Gasteiger partial charge < -0.3 is 10.4 Å². The molecule has 0 unspecified atom stereocenters. The smallest absolute Gasteiger partial charge is 0.311 e. The topological polar surface area (TPSA) is 66.4 Å². The van der Waals surface area contributed by atoms with Crippen LogP contribution in [0, 0.1) is 22.7 Å². The van der Waals surface area contributed by atoms with Gasteiger partial charge in [0.2, 0.25) is 5.91 Å². The Balaban J connectivity index is 1.77. The van der Waals surface area contributed by atoms with Crippen molar-refractivity contribution in [2.75, 3.05) is 6.54 Å². The summed E-state index contributed by atoms with van der Waals surface area (Å²) in [5.41, 5.74) is -0.332. The highest BCUT2D eigenvalue weighted by Gasteiger charge is 2.50. The van der Waals surface area contributed by atoms with Gasteiger partial charge in [-0.15, -0.1) is 0 Å². The van der Waals surface area contributed by atoms with Crippen LogP contribution < -0.4 is 5.32 Å². The van der Waals surface area contributed by atoms with Crippen molar-refractivity contribution in [1.29, 1.82) is 0 Å². The summed E-state index contributed by atoms with van der Waals surface area (Å²) in [5.74, 6) is 0.0673. The molecule has 0 radical (unpaired) electrons. The van der Waals surface area contributed by atoms with Gasteiger partial charge in [-0.25, -0.2) is 0 Å². The predicted octanol–water partition coefficient (Wildman–Crippen LogP) is 2.82. The minimum absolute atomic E-state index is 0.0601. The van der Waals surface area contributed by atoms with Gasteiger partial charge in [0.05, 0.1) is 5.41 Å². The summed E-state index contributed by atoms with van der Waals surface area (Å²) in [4.78, 5) is 23.2. The molecule has 0 aromatic heterocycles. The Bertz CT molecular complexity index is 385. The van der Waals surface area contributed by atoms with Gasteiger partial charge in [0.15, 0.2) is 0 Å². The van der Waals surface area contributed by atoms with E-state index in [0.29, 0.717) is 30.7 Å². The normalized spacial score (nSPS) is 28.8. The van der Waals surface area contributed by atoms with Crippen LogP contribution in [0.3, 0.4) is 0 Å². The first kappa shape index (κ1) is 15.3. The Morgan fingerprint density at radius 3 is 2.10 bits per heavy atom. The standard InChI is InChI=1S/C16H27NO3/c1-15(2,3)12-6-4-11(5-7-12)13(18)17-10-16(8-9-16)14(19)20/h11-12H,4-10H2,1-3H3,(H,17,18)(H,19,20). The third-order valence-electron chi connectivity index (χ3n) is 5.23. The van der Waals surface area contributed by atoms with Crippen LogP contribution >= 0.6 is 0 Å². The molecule has 4 nitrogen and oxygen atoms in total. The monoisotopic (exact) mass is 281 g/mol. The molecule has 114 valence electrons. The zero-order valence-electron chi connectivity index (χ0n) is 12.9. The van der Waals surface area contributed by atoms with Crippen LogP contribution in [0.4, 0.5) is 0 Å². The van der Waals surface area contributed by atoms with Crippen molar-refractivity contribution in [1.82, 2.24) is 5.32 Å². The van der Waals surface area contributed by atoms with Crippen LogP contribution in [0.2, 0.25) is 0 Å². The summed E-state index contributed by atoms with van der Waals surface area (Å²) in [6, 6.07) is 0. The minimum atomic E-state index is -0.769. The van der Waals surface area contributed by atoms with Crippen LogP contribution in [-0.2, 0) is 9.59 Å². The Morgan fingerprint density at radius 2 is 1.70 bits per heavy atom. The number of carbonyl (C=O) groups excluding carboxylic acids is 1. The van der Waals surface area contributed by atoms with Crippen molar-refractivity contribution in [3.05, 3.63) is 0 Å². The molecule has 4 heteroatoms. The lowest BCUT2D eigenvalue weighted by Gasteiger charge is -2.36. The summed E-state index contributed by atoms with van der Waals surface area (Å²) in [7, 11) is 0. The number of carbonyl (C=O) groups is 2. The van der Waals surface area contributed by atoms with Crippen molar-refractivity contribution < 1.29 is 14.7 Å². The molecule has 2 N–H and O–H groups in total. The molecule has 0 spiro atoms. The molecule has 1 amide bonds. The van der Waals surface area contributed by atoms with E-state index in [-0.39, 0.29) is 11.8 Å². The fourth-order valence-corrected chi connectivity index (χ4v) is 3.24. The van der Waals surface area contributed by atoms with E-state index in [0.717, 1.165) is 25.7 Å². The van der Waals surface area contributed by atoms with Crippen LogP contribution in [0.15, 0.2) is 0 Å². The van der Waals surface area contributed by atoms with E-state index in [1.165, 1.54) is 0 Å². The van der Waals surface area contributed by atoms with Crippen molar-refractivity contribution in [3.8, 4) is 0 Å². The number of carboxylic acid groups (broad SMARTS) is 1. The SMILES string of the molecule is CC(C)(C)C1CCC(C(=O)NCC2(C(=O)O)CC2)CC1. The van der Waals surface area contributed by atoms with Gasteiger partial charge in [-0.05, 0) is 49.9 Å². The van der Waals surface area contributed by atoms with E-state index in [2.05, 4.69) is 26.1 Å². The predicted molar refractivity (Wildman–Crippen MR) is 77.2 cm³/mol. The first-order chi connectivity index (χ1) is 9.24. The molecule has 0 bridgehead atoms. The highest BCUT2D eigenvalue weighted by molar-refractivity contribution is 5.82. The molecule has 2 saturated carbocycles. The first-order valence-electron chi connectivity index (χ1n) is 7.76. The van der Waals surface area contributed by atoms with Gasteiger partial charge in [0.25, 0.3) is 0 Å². The van der Waals surface area contributed by atoms with Crippen LogP contribution in [0.25, 0.3) is 0 Å². The molecule has 0 aromatic carbocycles. The summed E-state index contributed by atoms with van der Waals surface area (Å²) >= 11 is 0. The first-order valence-corrected chi connectivity index (χ1v) is 7.76. The average Bonchev–Trinajstić information content (AvgIpc) is 3.16. The molecule has 0 heterocycles. The Morgan fingerprint density at radius 1 is 1.15 bits per heavy atom. The zero-order valence-corrected chi connectivity index (χ0v) is 12.9. The number of hydrogen-bond acceptors (Lipinski definition) is 2. The van der Waals surface area contributed by atoms with E-state index in [4.69, 9.17) is 5.11 Å². The highest BCUT2D eigenvalue weighted by Crippen LogP contribution is 2.45. The molecule has 2 aliphatic rings. The number of carboxylic acids is 1. The maximum atomic E-state index is 12.1. The van der Waals surface area contributed by atoms with E-state index in [9.17, 15) is 9.59 Å². The molecule has 2 fully saturated rings. The Hall–Kier alpha value is -1.06. The summed E-state index contributed by atoms with van der Waals surface area (Å²) in [5, 5.41) is 12.0. The molecular formula is C16H27NO3. The number of amides is 1. The van der Waals surface area contributed by atoms with Crippen LogP contribution in [0.5, 0.6) is 0 Å². The molecule has 2 aliphatic carbocycles. The summed E-state index contributed by atoms with van der Waals surface area (Å²) < 4.78 is 0. The lowest BCUT2D eigenvalue weighted by molar-refractivity contribution is -0.143. The van der Waals surface area contributed by atoms with Gasteiger partial charge in [0.1, 0.15) is 0 Å². The second kappa shape index (κ2) is 5.38. The number of rotatable bonds is 4. The van der Waals surface area contributed by atoms with Gasteiger partial charge in [-0.2, -0.15) is 0 Å². The van der Waals surface area contributed by atoms with Gasteiger partial charge >= 0.3 is 5.97 Å². The van der Waals surface area contributed by atoms with E-state index in [1.807, 2.05) is 0 Å². The molecular weight excluding hydrogens is 254 g/mol. The molecule has 0 aromatic rings. The van der Waals surface area contributed by atoms with E-state index >= 15 is 0 Å². The zero-order chi connectivity index (χ0) is 15.0. The molecule has 2 rings (SSSR count). The lowest BCUT2D eigenvalue weighted by Crippen LogP contribution is -2.39. The molecule has 20 heavy (non-hydrogen) atoms. The van der Waals surface area contributed by atoms with Gasteiger partial charge in [-0.3, -0.25) is 9.59 Å². The van der Waals surface area contributed by atoms with E-state index in [1.54, 1.807) is 0 Å². The lowest BCUT2D eigenvalue weighted by atomic mass is 9.69. The van der Waals surface area contributed by atoms with Crippen molar-refractivity contribution in [3.63, 3.8) is 0 Å². The number of aliphatic carboxylic acids is 1. The summed E-state index contributed by atoms with van der Waals surface area (Å²) in [6.45, 7) is 7.10. The van der Waals surface area contributed by atoms with Crippen molar-refractivity contribution in [2.24, 2.45) is 22.7 Å². The number of hydrogen-bond donors (Lipinski definition) is 2. The quantitative estimate of drug-likeness (QED) is 0.832. The largest absolute Gasteiger partial charge is 0.481 e. The second-order valence-corrected chi connectivity index (χ2v) is 7.72. The van der Waals surface area contributed by atoms with Crippen LogP contribution in [0.1, 0.15) is 59.3 Å². The third-order valence-corrected chi connectivity index (χ3v) is 5.23. The fourth-order valence-electron chi connectivity index (χ4n) is 3.24. The maximum absolute atomic E-state index is 12.1. The molecule has 0 atom stereocenters. The third kappa shape index (κ3) is 3.33. The average molecular weight is 281 g/mol. The molecule has 0 saturated heterocycles. The second-order valence-electron chi connectivity index (χ2n) is 7.72. The highest BCUT2D eigenvalue weighted by atomic mass is 16.4. The Kier molecular flexibility index (Phi) is 4.12. The van der Waals surface area contributed by atoms with Crippen LogP contribution in [-0.4, -0.2) is 23.5 Å². The fraction of sp³-hybridized carbons (Fsp3) is 0.875. The van der Waals surface area contributed by atoms with Crippen molar-refractivity contribution in [2.45, 2.75) is 59.3 Å². The van der Waals surface area contributed by atoms with E-state index < -0.39 is 11.4 Å². The minimum Gasteiger partial charge on any atom is -0.481 e. The number of nitrogens with one attached hydrogen (secondary N) is 1. The summed E-state index contributed by atoms with van der Waals surface area (Å²) in [6.07, 6.45) is 5.47. The van der Waals surface area contributed by atoms with Crippen molar-refractivity contribution >= 4 is 11.9 Å². The van der Waals surface area contributed by atoms with Gasteiger partial charge in [0, 0.05) is 12.5 Å². The molecule has 0 aliphatic heterocycles. The van der Waals surface area contributed by atoms with Gasteiger partial charge in [-0.1, -0.05) is 20.8 Å². The maximum Gasteiger partial charge on any atom is 0.311 e. The Labute approximate surface area is 121 Å².